The van der Waals surface area contributed by atoms with Crippen molar-refractivity contribution < 1.29 is 18.9 Å². The molecule has 0 bridgehead atoms. The minimum atomic E-state index is 0.214. The Labute approximate surface area is 168 Å². The van der Waals surface area contributed by atoms with Crippen LogP contribution in [0.2, 0.25) is 0 Å². The van der Waals surface area contributed by atoms with E-state index in [9.17, 15) is 0 Å². The van der Waals surface area contributed by atoms with Crippen molar-refractivity contribution in [1.29, 1.82) is 0 Å². The van der Waals surface area contributed by atoms with Gasteiger partial charge < -0.3 is 18.9 Å². The fraction of sp³-hybridized carbons (Fsp3) is 0.583. The van der Waals surface area contributed by atoms with Gasteiger partial charge in [-0.3, -0.25) is 0 Å². The fourth-order valence-corrected chi connectivity index (χ4v) is 4.25. The summed E-state index contributed by atoms with van der Waals surface area (Å²) in [6.07, 6.45) is 4.42. The number of epoxide rings is 2. The fourth-order valence-electron chi connectivity index (χ4n) is 4.25. The zero-order valence-electron chi connectivity index (χ0n) is 17.6. The van der Waals surface area contributed by atoms with Crippen LogP contribution in [0.4, 0.5) is 0 Å². The van der Waals surface area contributed by atoms with Crippen LogP contribution in [0.25, 0.3) is 10.8 Å². The van der Waals surface area contributed by atoms with E-state index in [4.69, 9.17) is 18.9 Å². The molecule has 0 spiro atoms. The predicted molar refractivity (Wildman–Crippen MR) is 112 cm³/mol. The molecule has 2 fully saturated rings. The van der Waals surface area contributed by atoms with Crippen LogP contribution in [0.1, 0.15) is 49.9 Å². The number of aryl methyl sites for hydroxylation is 3. The summed E-state index contributed by atoms with van der Waals surface area (Å²) in [5.74, 6) is 1.80. The van der Waals surface area contributed by atoms with Crippen LogP contribution in [0.15, 0.2) is 12.1 Å². The summed E-state index contributed by atoms with van der Waals surface area (Å²) < 4.78 is 23.4. The maximum absolute atomic E-state index is 6.35. The summed E-state index contributed by atoms with van der Waals surface area (Å²) in [5, 5.41) is 2.55. The number of rotatable bonds is 10. The summed E-state index contributed by atoms with van der Waals surface area (Å²) >= 11 is 0. The molecular weight excluding hydrogens is 352 g/mol. The van der Waals surface area contributed by atoms with Gasteiger partial charge in [0.05, 0.1) is 13.2 Å². The van der Waals surface area contributed by atoms with Crippen molar-refractivity contribution in [2.24, 2.45) is 0 Å². The lowest BCUT2D eigenvalue weighted by Gasteiger charge is -2.24. The van der Waals surface area contributed by atoms with Gasteiger partial charge in [0, 0.05) is 10.9 Å². The first-order valence-corrected chi connectivity index (χ1v) is 10.8. The van der Waals surface area contributed by atoms with E-state index in [1.54, 1.807) is 0 Å². The van der Waals surface area contributed by atoms with Crippen LogP contribution in [-0.4, -0.2) is 38.6 Å². The van der Waals surface area contributed by atoms with Crippen LogP contribution in [0.5, 0.6) is 11.5 Å². The van der Waals surface area contributed by atoms with Gasteiger partial charge in [-0.2, -0.15) is 0 Å². The molecule has 2 aliphatic heterocycles. The highest BCUT2D eigenvalue weighted by atomic mass is 16.6. The number of hydrogen-bond acceptors (Lipinski definition) is 4. The van der Waals surface area contributed by atoms with E-state index in [2.05, 4.69) is 39.8 Å². The summed E-state index contributed by atoms with van der Waals surface area (Å²) in [6.45, 7) is 11.7. The molecule has 2 aliphatic rings. The molecule has 2 unspecified atom stereocenters. The number of hydrogen-bond donors (Lipinski definition) is 0. The van der Waals surface area contributed by atoms with Crippen molar-refractivity contribution in [3.05, 3.63) is 34.4 Å². The first-order valence-electron chi connectivity index (χ1n) is 10.8. The average molecular weight is 385 g/mol. The number of ether oxygens (including phenoxy) is 4. The van der Waals surface area contributed by atoms with Crippen molar-refractivity contribution in [1.82, 2.24) is 0 Å². The van der Waals surface area contributed by atoms with Crippen molar-refractivity contribution >= 4 is 10.8 Å². The number of fused-ring (bicyclic) bond motifs is 1. The Morgan fingerprint density at radius 2 is 1.32 bits per heavy atom. The van der Waals surface area contributed by atoms with Crippen LogP contribution in [-0.2, 0) is 35.2 Å². The standard InChI is InChI=1S/C24H32O4/c1-5-15-9-10-21-22(18(15)6-2)19(7-3)20(8-4)23(27-13-16-11-25-16)24(21)28-14-17-12-26-17/h9-10,16-17H,5-8,11-14H2,1-4H3. The zero-order valence-corrected chi connectivity index (χ0v) is 17.6. The van der Waals surface area contributed by atoms with Gasteiger partial charge in [-0.05, 0) is 47.8 Å². The average Bonchev–Trinajstić information content (AvgIpc) is 3.63. The van der Waals surface area contributed by atoms with Crippen molar-refractivity contribution in [3.63, 3.8) is 0 Å². The zero-order chi connectivity index (χ0) is 19.7. The monoisotopic (exact) mass is 384 g/mol. The smallest absolute Gasteiger partial charge is 0.169 e. The molecule has 0 saturated carbocycles. The van der Waals surface area contributed by atoms with E-state index >= 15 is 0 Å². The van der Waals surface area contributed by atoms with Gasteiger partial charge in [0.2, 0.25) is 0 Å². The van der Waals surface area contributed by atoms with E-state index in [0.717, 1.165) is 50.4 Å². The van der Waals surface area contributed by atoms with Crippen LogP contribution >= 0.6 is 0 Å². The van der Waals surface area contributed by atoms with Crippen LogP contribution < -0.4 is 9.47 Å². The van der Waals surface area contributed by atoms with Gasteiger partial charge >= 0.3 is 0 Å². The second kappa shape index (κ2) is 8.30. The van der Waals surface area contributed by atoms with E-state index in [1.807, 2.05) is 0 Å². The topological polar surface area (TPSA) is 43.5 Å². The molecule has 0 amide bonds. The van der Waals surface area contributed by atoms with Crippen molar-refractivity contribution in [2.75, 3.05) is 26.4 Å². The third kappa shape index (κ3) is 3.72. The maximum Gasteiger partial charge on any atom is 0.169 e. The van der Waals surface area contributed by atoms with Crippen molar-refractivity contribution in [3.8, 4) is 11.5 Å². The maximum atomic E-state index is 6.35. The summed E-state index contributed by atoms with van der Waals surface area (Å²) in [6, 6.07) is 4.50. The van der Waals surface area contributed by atoms with Crippen LogP contribution in [0.3, 0.4) is 0 Å². The molecular formula is C24H32O4. The third-order valence-electron chi connectivity index (χ3n) is 5.87. The second-order valence-electron chi connectivity index (χ2n) is 7.69. The van der Waals surface area contributed by atoms with E-state index in [1.165, 1.54) is 33.0 Å². The molecule has 28 heavy (non-hydrogen) atoms. The Morgan fingerprint density at radius 3 is 1.82 bits per heavy atom. The van der Waals surface area contributed by atoms with Gasteiger partial charge in [0.25, 0.3) is 0 Å². The molecule has 2 heterocycles. The molecule has 2 aromatic carbocycles. The van der Waals surface area contributed by atoms with Gasteiger partial charge in [0.15, 0.2) is 11.5 Å². The molecule has 4 heteroatoms. The van der Waals surface area contributed by atoms with Gasteiger partial charge in [-0.25, -0.2) is 0 Å². The quantitative estimate of drug-likeness (QED) is 0.560. The first-order chi connectivity index (χ1) is 13.7. The SMILES string of the molecule is CCc1ccc2c(OCC3CO3)c(OCC3CO3)c(CC)c(CC)c2c1CC. The van der Waals surface area contributed by atoms with Gasteiger partial charge in [-0.15, -0.1) is 0 Å². The molecule has 0 aromatic heterocycles. The lowest BCUT2D eigenvalue weighted by Crippen LogP contribution is -2.12. The minimum Gasteiger partial charge on any atom is -0.487 e. The normalized spacial score (nSPS) is 20.4. The predicted octanol–water partition coefficient (Wildman–Crippen LogP) is 4.64. The molecule has 4 rings (SSSR count). The lowest BCUT2D eigenvalue weighted by molar-refractivity contribution is 0.228. The number of benzene rings is 2. The third-order valence-corrected chi connectivity index (χ3v) is 5.87. The Hall–Kier alpha value is -1.78. The summed E-state index contributed by atoms with van der Waals surface area (Å²) in [4.78, 5) is 0. The molecule has 2 saturated heterocycles. The van der Waals surface area contributed by atoms with E-state index < -0.39 is 0 Å². The first kappa shape index (κ1) is 19.5. The summed E-state index contributed by atoms with van der Waals surface area (Å²) in [7, 11) is 0. The van der Waals surface area contributed by atoms with Crippen molar-refractivity contribution in [2.45, 2.75) is 65.6 Å². The Bertz CT molecular complexity index is 850. The minimum absolute atomic E-state index is 0.214. The van der Waals surface area contributed by atoms with E-state index in [-0.39, 0.29) is 12.2 Å². The highest BCUT2D eigenvalue weighted by molar-refractivity contribution is 5.98. The second-order valence-corrected chi connectivity index (χ2v) is 7.69. The lowest BCUT2D eigenvalue weighted by atomic mass is 9.87. The highest BCUT2D eigenvalue weighted by Gasteiger charge is 2.29. The molecule has 152 valence electrons. The Kier molecular flexibility index (Phi) is 5.79. The molecule has 0 radical (unpaired) electrons. The molecule has 0 aliphatic carbocycles. The molecule has 4 nitrogen and oxygen atoms in total. The van der Waals surface area contributed by atoms with Crippen LogP contribution in [0, 0.1) is 0 Å². The Morgan fingerprint density at radius 1 is 0.750 bits per heavy atom. The highest BCUT2D eigenvalue weighted by Crippen LogP contribution is 2.45. The van der Waals surface area contributed by atoms with E-state index in [0.29, 0.717) is 13.2 Å². The largest absolute Gasteiger partial charge is 0.487 e. The molecule has 2 atom stereocenters. The van der Waals surface area contributed by atoms with Gasteiger partial charge in [0.1, 0.15) is 25.4 Å². The molecule has 0 N–H and O–H groups in total. The van der Waals surface area contributed by atoms with Gasteiger partial charge in [-0.1, -0.05) is 39.8 Å². The molecule has 2 aromatic rings. The summed E-state index contributed by atoms with van der Waals surface area (Å²) in [5.41, 5.74) is 5.58. The Balaban J connectivity index is 1.93.